The molecule has 3 N–H and O–H groups in total. The van der Waals surface area contributed by atoms with Crippen LogP contribution in [-0.4, -0.2) is 77.0 Å². The molecule has 0 saturated carbocycles. The van der Waals surface area contributed by atoms with E-state index in [1.165, 1.54) is 12.7 Å². The van der Waals surface area contributed by atoms with Gasteiger partial charge >= 0.3 is 5.97 Å². The van der Waals surface area contributed by atoms with Crippen LogP contribution in [0.4, 0.5) is 0 Å². The first-order valence-electron chi connectivity index (χ1n) is 15.5. The predicted octanol–water partition coefficient (Wildman–Crippen LogP) is 6.02. The van der Waals surface area contributed by atoms with Crippen LogP contribution in [-0.2, 0) is 25.6 Å². The molecular weight excluding hydrogens is 554 g/mol. The summed E-state index contributed by atoms with van der Waals surface area (Å²) in [6.07, 6.45) is 4.69. The lowest BCUT2D eigenvalue weighted by Crippen LogP contribution is -2.41. The number of carbonyl (C=O) groups is 3. The van der Waals surface area contributed by atoms with Crippen LogP contribution in [0.5, 0.6) is 0 Å². The zero-order valence-corrected chi connectivity index (χ0v) is 28.9. The lowest BCUT2D eigenvalue weighted by molar-refractivity contribution is -0.142. The number of benzene rings is 2. The molecule has 0 aliphatic carbocycles. The molecule has 0 spiro atoms. The second kappa shape index (κ2) is 37.4. The minimum Gasteiger partial charge on any atom is -0.468 e. The Bertz CT molecular complexity index is 987. The fourth-order valence-electron chi connectivity index (χ4n) is 3.13. The first kappa shape index (κ1) is 47.3. The summed E-state index contributed by atoms with van der Waals surface area (Å²) in [6, 6.07) is 15.5. The molecule has 3 rings (SSSR count). The smallest absolute Gasteiger partial charge is 0.324 e. The van der Waals surface area contributed by atoms with Gasteiger partial charge in [-0.3, -0.25) is 14.5 Å². The molecule has 1 aliphatic rings. The number of aldehydes is 1. The molecule has 1 atom stereocenters. The highest BCUT2D eigenvalue weighted by Crippen LogP contribution is 2.10. The highest BCUT2D eigenvalue weighted by atomic mass is 16.5. The average molecular weight is 614 g/mol. The number of nitrogens with two attached hydrogens (primary N) is 1. The van der Waals surface area contributed by atoms with Crippen LogP contribution in [0.15, 0.2) is 54.6 Å². The number of allylic oxidation sites excluding steroid dienone is 1. The van der Waals surface area contributed by atoms with E-state index in [1.807, 2.05) is 86.5 Å². The molecule has 1 heterocycles. The fraction of sp³-hybridized carbons (Fsp3) is 0.472. The van der Waals surface area contributed by atoms with Gasteiger partial charge in [0.2, 0.25) is 0 Å². The summed E-state index contributed by atoms with van der Waals surface area (Å²) in [7, 11) is 3.00. The van der Waals surface area contributed by atoms with Gasteiger partial charge in [-0.2, -0.15) is 0 Å². The summed E-state index contributed by atoms with van der Waals surface area (Å²) in [5, 5.41) is 2.70. The number of morpholine rings is 1. The maximum atomic E-state index is 10.6. The van der Waals surface area contributed by atoms with Crippen LogP contribution >= 0.6 is 0 Å². The van der Waals surface area contributed by atoms with E-state index in [-0.39, 0.29) is 18.6 Å². The molecule has 2 aromatic carbocycles. The fourth-order valence-corrected chi connectivity index (χ4v) is 3.13. The van der Waals surface area contributed by atoms with Crippen molar-refractivity contribution in [2.24, 2.45) is 5.73 Å². The molecular formula is C36H59N3O5. The highest BCUT2D eigenvalue weighted by Gasteiger charge is 2.13. The summed E-state index contributed by atoms with van der Waals surface area (Å²) in [4.78, 5) is 31.6. The second-order valence-corrected chi connectivity index (χ2v) is 7.57. The van der Waals surface area contributed by atoms with Crippen LogP contribution in [0.1, 0.15) is 82.4 Å². The Morgan fingerprint density at radius 1 is 0.955 bits per heavy atom. The van der Waals surface area contributed by atoms with Gasteiger partial charge in [0.25, 0.3) is 0 Å². The van der Waals surface area contributed by atoms with Crippen molar-refractivity contribution in [2.75, 3.05) is 47.0 Å². The number of methoxy groups -OCH3 is 1. The minimum absolute atomic E-state index is 0.267. The molecule has 2 aromatic rings. The van der Waals surface area contributed by atoms with E-state index in [0.29, 0.717) is 5.56 Å². The molecule has 1 saturated heterocycles. The molecule has 0 bridgehead atoms. The molecule has 0 amide bonds. The SMILES string of the molecule is C=O.CC.CC.CC.CC.CNC(CN)C(=O)OC.O=Cc1ccc(C#C/C=C/c2ccc(CN3CCOCC3)cc2)cc1. The van der Waals surface area contributed by atoms with Crippen LogP contribution in [0.2, 0.25) is 0 Å². The van der Waals surface area contributed by atoms with Gasteiger partial charge < -0.3 is 25.3 Å². The van der Waals surface area contributed by atoms with Crippen molar-refractivity contribution in [3.05, 3.63) is 76.9 Å². The van der Waals surface area contributed by atoms with E-state index in [9.17, 15) is 9.59 Å². The normalized spacial score (nSPS) is 11.7. The van der Waals surface area contributed by atoms with Crippen LogP contribution in [0.3, 0.4) is 0 Å². The zero-order valence-electron chi connectivity index (χ0n) is 28.9. The van der Waals surface area contributed by atoms with Gasteiger partial charge in [0.1, 0.15) is 19.1 Å². The number of carbonyl (C=O) groups excluding carboxylic acids is 3. The summed E-state index contributed by atoms with van der Waals surface area (Å²) in [5.41, 5.74) is 9.22. The van der Waals surface area contributed by atoms with Gasteiger partial charge in [-0.05, 0) is 42.5 Å². The predicted molar refractivity (Wildman–Crippen MR) is 187 cm³/mol. The maximum absolute atomic E-state index is 10.6. The molecule has 1 unspecified atom stereocenters. The Morgan fingerprint density at radius 3 is 1.86 bits per heavy atom. The Morgan fingerprint density at radius 2 is 1.45 bits per heavy atom. The minimum atomic E-state index is -0.366. The number of likely N-dealkylation sites (N-methyl/N-ethyl adjacent to an activating group) is 1. The van der Waals surface area contributed by atoms with Crippen molar-refractivity contribution in [1.29, 1.82) is 0 Å². The van der Waals surface area contributed by atoms with Crippen molar-refractivity contribution in [3.63, 3.8) is 0 Å². The standard InChI is InChI=1S/C22H21NO2.C5H12N2O2.4C2H6.CH2O/c24-18-22-11-7-20(8-12-22)4-2-1-3-19-5-9-21(10-6-19)17-23-13-15-25-16-14-23;1-7-4(3-6)5(8)9-2;5*1-2/h1,3,5-12,18H,13-17H2;4,7H,3,6H2,1-2H3;4*1-2H3;1H2/b3-1+;;;;;;. The third-order valence-electron chi connectivity index (χ3n) is 5.18. The highest BCUT2D eigenvalue weighted by molar-refractivity contribution is 5.76. The lowest BCUT2D eigenvalue weighted by atomic mass is 10.1. The van der Waals surface area contributed by atoms with Gasteiger partial charge in [-0.15, -0.1) is 0 Å². The van der Waals surface area contributed by atoms with Crippen LogP contribution < -0.4 is 11.1 Å². The monoisotopic (exact) mass is 613 g/mol. The molecule has 1 fully saturated rings. The quantitative estimate of drug-likeness (QED) is 0.222. The van der Waals surface area contributed by atoms with E-state index in [4.69, 9.17) is 15.3 Å². The van der Waals surface area contributed by atoms with Crippen LogP contribution in [0.25, 0.3) is 6.08 Å². The van der Waals surface area contributed by atoms with Crippen LogP contribution in [0, 0.1) is 11.8 Å². The maximum Gasteiger partial charge on any atom is 0.324 e. The number of esters is 1. The first-order chi connectivity index (χ1) is 21.6. The van der Waals surface area contributed by atoms with E-state index in [1.54, 1.807) is 19.2 Å². The molecule has 248 valence electrons. The summed E-state index contributed by atoms with van der Waals surface area (Å²) in [5.74, 6) is 5.77. The number of nitrogens with zero attached hydrogens (tertiary/aromatic N) is 1. The van der Waals surface area contributed by atoms with Crippen molar-refractivity contribution >= 4 is 25.1 Å². The van der Waals surface area contributed by atoms with E-state index < -0.39 is 0 Å². The molecule has 8 heteroatoms. The van der Waals surface area contributed by atoms with Gasteiger partial charge in [0.05, 0.1) is 20.3 Å². The Hall–Kier alpha value is -3.61. The van der Waals surface area contributed by atoms with Gasteiger partial charge in [0, 0.05) is 37.3 Å². The molecule has 0 aromatic heterocycles. The third-order valence-corrected chi connectivity index (χ3v) is 5.18. The Kier molecular flexibility index (Phi) is 40.2. The van der Waals surface area contributed by atoms with Crippen molar-refractivity contribution < 1.29 is 23.9 Å². The number of hydrogen-bond donors (Lipinski definition) is 2. The topological polar surface area (TPSA) is 111 Å². The van der Waals surface area contributed by atoms with Crippen molar-refractivity contribution in [3.8, 4) is 11.8 Å². The number of rotatable bonds is 7. The molecule has 8 nitrogen and oxygen atoms in total. The largest absolute Gasteiger partial charge is 0.468 e. The number of ether oxygens (including phenoxy) is 2. The first-order valence-corrected chi connectivity index (χ1v) is 15.5. The zero-order chi connectivity index (χ0) is 34.6. The van der Waals surface area contributed by atoms with Gasteiger partial charge in [0.15, 0.2) is 0 Å². The lowest BCUT2D eigenvalue weighted by Gasteiger charge is -2.26. The Labute approximate surface area is 268 Å². The average Bonchev–Trinajstić information content (AvgIpc) is 3.13. The second-order valence-electron chi connectivity index (χ2n) is 7.57. The van der Waals surface area contributed by atoms with E-state index in [2.05, 4.69) is 51.1 Å². The van der Waals surface area contributed by atoms with Gasteiger partial charge in [-0.1, -0.05) is 104 Å². The number of nitrogens with one attached hydrogen (secondary N) is 1. The summed E-state index contributed by atoms with van der Waals surface area (Å²) in [6.45, 7) is 22.9. The third kappa shape index (κ3) is 23.9. The van der Waals surface area contributed by atoms with E-state index >= 15 is 0 Å². The molecule has 0 radical (unpaired) electrons. The van der Waals surface area contributed by atoms with Crippen molar-refractivity contribution in [1.82, 2.24) is 10.2 Å². The summed E-state index contributed by atoms with van der Waals surface area (Å²) >= 11 is 0. The molecule has 44 heavy (non-hydrogen) atoms. The van der Waals surface area contributed by atoms with Gasteiger partial charge in [-0.25, -0.2) is 0 Å². The van der Waals surface area contributed by atoms with E-state index in [0.717, 1.165) is 50.3 Å². The number of hydrogen-bond acceptors (Lipinski definition) is 8. The van der Waals surface area contributed by atoms with Crippen molar-refractivity contribution in [2.45, 2.75) is 68.0 Å². The molecule has 1 aliphatic heterocycles. The summed E-state index contributed by atoms with van der Waals surface area (Å²) < 4.78 is 9.79. The Balaban J connectivity index is -0.000000354.